The maximum atomic E-state index is 8.81. The molecule has 1 heterocycles. The Balaban J connectivity index is 3.12. The Morgan fingerprint density at radius 2 is 1.80 bits per heavy atom. The second-order valence-electron chi connectivity index (χ2n) is 2.64. The maximum Gasteiger partial charge on any atom is 0.282 e. The highest BCUT2D eigenvalue weighted by Gasteiger charge is 2.54. The molecule has 0 radical (unpaired) electrons. The van der Waals surface area contributed by atoms with Crippen molar-refractivity contribution in [3.8, 4) is 0 Å². The highest BCUT2D eigenvalue weighted by atomic mass is 35.5. The molecule has 0 fully saturated rings. The fraction of sp³-hybridized carbons (Fsp3) is 0.800. The van der Waals surface area contributed by atoms with Gasteiger partial charge in [-0.3, -0.25) is 0 Å². The predicted octanol–water partition coefficient (Wildman–Crippen LogP) is 2.87. The van der Waals surface area contributed by atoms with E-state index in [0.29, 0.717) is 4.42 Å². The Morgan fingerprint density at radius 3 is 2.27 bits per heavy atom. The third-order valence-corrected chi connectivity index (χ3v) is 4.45. The molecule has 0 aromatic heterocycles. The minimum atomic E-state index is -1.86. The first-order chi connectivity index (χ1) is 6.75. The summed E-state index contributed by atoms with van der Waals surface area (Å²) in [5, 5.41) is 7.05. The van der Waals surface area contributed by atoms with Gasteiger partial charge >= 0.3 is 0 Å². The topological polar surface area (TPSA) is 39.1 Å². The molecule has 1 atom stereocenters. The second kappa shape index (κ2) is 4.78. The lowest BCUT2D eigenvalue weighted by Crippen LogP contribution is -2.58. The van der Waals surface area contributed by atoms with E-state index in [2.05, 4.69) is 4.99 Å². The lowest BCUT2D eigenvalue weighted by Gasteiger charge is -2.44. The lowest BCUT2D eigenvalue weighted by atomic mass is 10.3. The van der Waals surface area contributed by atoms with Crippen molar-refractivity contribution in [1.82, 2.24) is 8.84 Å². The number of aliphatic hydroxyl groups is 1. The molecule has 10 heteroatoms. The molecule has 1 unspecified atom stereocenters. The van der Waals surface area contributed by atoms with Gasteiger partial charge in [0, 0.05) is 24.8 Å². The van der Waals surface area contributed by atoms with Crippen LogP contribution in [0.15, 0.2) is 4.99 Å². The molecule has 0 bridgehead atoms. The molecule has 4 nitrogen and oxygen atoms in total. The molecular weight excluding hydrogens is 331 g/mol. The summed E-state index contributed by atoms with van der Waals surface area (Å²) < 4.78 is -0.388. The van der Waals surface area contributed by atoms with E-state index in [1.165, 1.54) is 0 Å². The van der Waals surface area contributed by atoms with Crippen molar-refractivity contribution in [3.63, 3.8) is 0 Å². The summed E-state index contributed by atoms with van der Waals surface area (Å²) in [5.74, 6) is 0. The van der Waals surface area contributed by atoms with E-state index in [-0.39, 0.29) is 18.3 Å². The van der Waals surface area contributed by atoms with Gasteiger partial charge < -0.3 is 5.11 Å². The zero-order chi connectivity index (χ0) is 11.9. The quantitative estimate of drug-likeness (QED) is 0.479. The van der Waals surface area contributed by atoms with Gasteiger partial charge in [-0.15, -0.1) is 4.42 Å². The third kappa shape index (κ3) is 2.53. The van der Waals surface area contributed by atoms with E-state index in [1.807, 2.05) is 0 Å². The number of aliphatic hydroxyl groups excluding tert-OH is 1. The van der Waals surface area contributed by atoms with Gasteiger partial charge in [0.2, 0.25) is 10.4 Å². The molecule has 0 amide bonds. The van der Waals surface area contributed by atoms with Crippen LogP contribution in [0.5, 0.6) is 0 Å². The molecule has 0 aromatic rings. The van der Waals surface area contributed by atoms with Crippen LogP contribution in [0, 0.1) is 0 Å². The summed E-state index contributed by atoms with van der Waals surface area (Å²) in [4.78, 5) is 3.77. The summed E-state index contributed by atoms with van der Waals surface area (Å²) in [6.45, 7) is -0.271. The Morgan fingerprint density at radius 1 is 1.27 bits per heavy atom. The average Bonchev–Trinajstić information content (AvgIpc) is 2.13. The van der Waals surface area contributed by atoms with Crippen LogP contribution in [-0.4, -0.2) is 35.5 Å². The molecule has 0 saturated carbocycles. The zero-order valence-corrected chi connectivity index (χ0v) is 11.5. The predicted molar refractivity (Wildman–Crippen MR) is 63.4 cm³/mol. The van der Waals surface area contributed by atoms with E-state index in [0.717, 1.165) is 4.42 Å². The number of amidine groups is 1. The molecule has 15 heavy (non-hydrogen) atoms. The number of hydrogen-bond donors (Lipinski definition) is 1. The van der Waals surface area contributed by atoms with Gasteiger partial charge in [0.15, 0.2) is 0 Å². The van der Waals surface area contributed by atoms with Crippen LogP contribution in [0.4, 0.5) is 0 Å². The molecule has 0 saturated heterocycles. The van der Waals surface area contributed by atoms with Gasteiger partial charge in [-0.25, -0.2) is 9.41 Å². The summed E-state index contributed by atoms with van der Waals surface area (Å²) in [6, 6.07) is 0. The van der Waals surface area contributed by atoms with Gasteiger partial charge in [0.25, 0.3) is 4.58 Å². The van der Waals surface area contributed by atoms with Crippen molar-refractivity contribution < 1.29 is 5.11 Å². The number of nitrogens with zero attached hydrogens (tertiary/aromatic N) is 3. The molecule has 1 aliphatic heterocycles. The smallest absolute Gasteiger partial charge is 0.282 e. The summed E-state index contributed by atoms with van der Waals surface area (Å²) in [6.07, 6.45) is -0.0137. The van der Waals surface area contributed by atoms with Crippen molar-refractivity contribution >= 4 is 75.3 Å². The van der Waals surface area contributed by atoms with Crippen molar-refractivity contribution in [2.45, 2.75) is 16.1 Å². The lowest BCUT2D eigenvalue weighted by molar-refractivity contribution is 0.143. The standard InChI is InChI=1S/C5H5Cl6N3O/c6-3-12-4(7,1-2-15)14(11)5(8,9)13(3)10/h15H,1-2H2. The number of aliphatic imine (C=N–C) groups is 1. The molecule has 0 aliphatic carbocycles. The van der Waals surface area contributed by atoms with Gasteiger partial charge in [-0.05, 0) is 23.4 Å². The fourth-order valence-electron chi connectivity index (χ4n) is 0.920. The van der Waals surface area contributed by atoms with E-state index >= 15 is 0 Å². The van der Waals surface area contributed by atoms with Crippen LogP contribution in [0.1, 0.15) is 6.42 Å². The van der Waals surface area contributed by atoms with Gasteiger partial charge in [0.1, 0.15) is 0 Å². The summed E-state index contributed by atoms with van der Waals surface area (Å²) >= 11 is 34.7. The van der Waals surface area contributed by atoms with E-state index in [4.69, 9.17) is 75.1 Å². The van der Waals surface area contributed by atoms with E-state index < -0.39 is 9.70 Å². The van der Waals surface area contributed by atoms with E-state index in [9.17, 15) is 0 Å². The monoisotopic (exact) mass is 333 g/mol. The van der Waals surface area contributed by atoms with Crippen molar-refractivity contribution in [1.29, 1.82) is 0 Å². The fourth-order valence-corrected chi connectivity index (χ4v) is 2.47. The Hall–Kier alpha value is 1.13. The third-order valence-electron chi connectivity index (χ3n) is 1.63. The number of rotatable bonds is 2. The first kappa shape index (κ1) is 14.2. The molecule has 1 aliphatic rings. The van der Waals surface area contributed by atoms with Crippen molar-refractivity contribution in [3.05, 3.63) is 0 Å². The molecule has 0 aromatic carbocycles. The number of hydrogen-bond acceptors (Lipinski definition) is 4. The molecule has 1 rings (SSSR count). The Labute approximate surface area is 116 Å². The normalized spacial score (nSPS) is 31.7. The highest BCUT2D eigenvalue weighted by Crippen LogP contribution is 2.47. The average molecular weight is 336 g/mol. The van der Waals surface area contributed by atoms with Crippen LogP contribution >= 0.6 is 70.0 Å². The summed E-state index contributed by atoms with van der Waals surface area (Å²) in [5.41, 5.74) is 0. The van der Waals surface area contributed by atoms with Gasteiger partial charge in [0.05, 0.1) is 0 Å². The largest absolute Gasteiger partial charge is 0.396 e. The summed E-state index contributed by atoms with van der Waals surface area (Å²) in [7, 11) is 0. The van der Waals surface area contributed by atoms with Gasteiger partial charge in [-0.1, -0.05) is 34.8 Å². The maximum absolute atomic E-state index is 8.81. The van der Waals surface area contributed by atoms with Crippen molar-refractivity contribution in [2.24, 2.45) is 4.99 Å². The minimum Gasteiger partial charge on any atom is -0.396 e. The second-order valence-corrected chi connectivity index (χ2v) is 5.51. The van der Waals surface area contributed by atoms with Gasteiger partial charge in [-0.2, -0.15) is 0 Å². The van der Waals surface area contributed by atoms with Crippen LogP contribution in [-0.2, 0) is 0 Å². The van der Waals surface area contributed by atoms with Crippen LogP contribution in [0.25, 0.3) is 0 Å². The molecule has 0 spiro atoms. The van der Waals surface area contributed by atoms with Crippen LogP contribution in [0.2, 0.25) is 0 Å². The molecule has 88 valence electrons. The highest BCUT2D eigenvalue weighted by molar-refractivity contribution is 6.70. The zero-order valence-electron chi connectivity index (χ0n) is 6.97. The van der Waals surface area contributed by atoms with Crippen LogP contribution < -0.4 is 0 Å². The SMILES string of the molecule is OCCC1(Cl)N=C(Cl)N(Cl)C(Cl)(Cl)N1Cl. The number of halogens is 6. The Kier molecular flexibility index (Phi) is 4.53. The first-order valence-electron chi connectivity index (χ1n) is 3.61. The van der Waals surface area contributed by atoms with Crippen molar-refractivity contribution in [2.75, 3.05) is 6.61 Å². The molecular formula is C5H5Cl6N3O. The van der Waals surface area contributed by atoms with E-state index in [1.54, 1.807) is 0 Å². The minimum absolute atomic E-state index is 0.0137. The Bertz CT molecular complexity index is 286. The molecule has 1 N–H and O–H groups in total. The first-order valence-corrected chi connectivity index (χ1v) is 5.79. The number of alkyl halides is 3. The van der Waals surface area contributed by atoms with Crippen LogP contribution in [0.3, 0.4) is 0 Å².